The van der Waals surface area contributed by atoms with Crippen LogP contribution >= 0.6 is 0 Å². The number of carbonyl (C=O) groups is 1. The van der Waals surface area contributed by atoms with Crippen molar-refractivity contribution in [3.63, 3.8) is 0 Å². The normalized spacial score (nSPS) is 20.9. The van der Waals surface area contributed by atoms with Crippen LogP contribution in [-0.4, -0.2) is 19.5 Å². The van der Waals surface area contributed by atoms with Gasteiger partial charge < -0.3 is 9.47 Å². The lowest BCUT2D eigenvalue weighted by molar-refractivity contribution is -0.123. The van der Waals surface area contributed by atoms with Crippen LogP contribution in [0.4, 0.5) is 0 Å². The number of carbonyl (C=O) groups excluding carboxylic acids is 1. The molecule has 0 amide bonds. The Balaban J connectivity index is 2.16. The van der Waals surface area contributed by atoms with Crippen molar-refractivity contribution in [1.82, 2.24) is 0 Å². The predicted molar refractivity (Wildman–Crippen MR) is 83.3 cm³/mol. The lowest BCUT2D eigenvalue weighted by atomic mass is 9.68. The number of allylic oxidation sites excluding steroid dienone is 2. The minimum Gasteiger partial charge on any atom is -0.498 e. The average molecular weight is 288 g/mol. The van der Waals surface area contributed by atoms with Crippen molar-refractivity contribution >= 4 is 5.78 Å². The highest BCUT2D eigenvalue weighted by Gasteiger charge is 2.39. The Morgan fingerprint density at radius 3 is 2.43 bits per heavy atom. The summed E-state index contributed by atoms with van der Waals surface area (Å²) in [6.45, 7) is 6.84. The van der Waals surface area contributed by atoms with Crippen LogP contribution in [0.5, 0.6) is 5.75 Å². The first-order valence-corrected chi connectivity index (χ1v) is 7.46. The van der Waals surface area contributed by atoms with Gasteiger partial charge in [-0.05, 0) is 36.5 Å². The van der Waals surface area contributed by atoms with Crippen LogP contribution in [0.25, 0.3) is 0 Å². The van der Waals surface area contributed by atoms with E-state index in [1.807, 2.05) is 31.2 Å². The van der Waals surface area contributed by atoms with Gasteiger partial charge >= 0.3 is 0 Å². The second-order valence-electron chi connectivity index (χ2n) is 6.22. The maximum absolute atomic E-state index is 12.4. The van der Waals surface area contributed by atoms with Crippen LogP contribution in [0.15, 0.2) is 36.1 Å². The maximum atomic E-state index is 12.4. The van der Waals surface area contributed by atoms with E-state index in [1.165, 1.54) is 0 Å². The molecule has 0 aromatic heterocycles. The largest absolute Gasteiger partial charge is 0.498 e. The van der Waals surface area contributed by atoms with Crippen LogP contribution in [0.3, 0.4) is 0 Å². The summed E-state index contributed by atoms with van der Waals surface area (Å²) in [5.74, 6) is 1.82. The molecular weight excluding hydrogens is 264 g/mol. The zero-order valence-corrected chi connectivity index (χ0v) is 13.3. The second-order valence-corrected chi connectivity index (χ2v) is 6.22. The van der Waals surface area contributed by atoms with Gasteiger partial charge in [0.2, 0.25) is 0 Å². The molecule has 114 valence electrons. The van der Waals surface area contributed by atoms with Crippen molar-refractivity contribution in [1.29, 1.82) is 0 Å². The molecule has 0 fully saturated rings. The first-order valence-electron chi connectivity index (χ1n) is 7.46. The summed E-state index contributed by atoms with van der Waals surface area (Å²) in [7, 11) is 1.66. The smallest absolute Gasteiger partial charge is 0.162 e. The van der Waals surface area contributed by atoms with Gasteiger partial charge in [0.25, 0.3) is 0 Å². The number of hydrogen-bond donors (Lipinski definition) is 0. The molecule has 1 aliphatic carbocycles. The third-order valence-electron chi connectivity index (χ3n) is 4.15. The van der Waals surface area contributed by atoms with Crippen LogP contribution in [0, 0.1) is 11.3 Å². The molecule has 0 saturated heterocycles. The molecule has 0 aliphatic heterocycles. The van der Waals surface area contributed by atoms with Crippen LogP contribution in [-0.2, 0) is 16.0 Å². The average Bonchev–Trinajstić information content (AvgIpc) is 2.43. The van der Waals surface area contributed by atoms with Crippen molar-refractivity contribution in [2.45, 2.75) is 33.6 Å². The molecule has 1 atom stereocenters. The van der Waals surface area contributed by atoms with Gasteiger partial charge in [-0.3, -0.25) is 4.79 Å². The van der Waals surface area contributed by atoms with E-state index in [9.17, 15) is 4.79 Å². The topological polar surface area (TPSA) is 35.5 Å². The van der Waals surface area contributed by atoms with E-state index < -0.39 is 0 Å². The van der Waals surface area contributed by atoms with Crippen LogP contribution < -0.4 is 4.74 Å². The number of methoxy groups -OCH3 is 1. The number of ketones is 1. The number of ether oxygens (including phenoxy) is 2. The van der Waals surface area contributed by atoms with E-state index in [-0.39, 0.29) is 17.1 Å². The molecule has 1 aliphatic rings. The van der Waals surface area contributed by atoms with Gasteiger partial charge in [-0.1, -0.05) is 26.0 Å². The van der Waals surface area contributed by atoms with Crippen LogP contribution in [0.2, 0.25) is 0 Å². The molecule has 1 unspecified atom stereocenters. The van der Waals surface area contributed by atoms with E-state index in [4.69, 9.17) is 9.47 Å². The molecule has 21 heavy (non-hydrogen) atoms. The van der Waals surface area contributed by atoms with E-state index in [1.54, 1.807) is 13.2 Å². The molecule has 1 aromatic rings. The molecule has 0 heterocycles. The summed E-state index contributed by atoms with van der Waals surface area (Å²) in [6.07, 6.45) is 3.25. The zero-order chi connectivity index (χ0) is 15.5. The molecule has 0 saturated carbocycles. The van der Waals surface area contributed by atoms with Crippen molar-refractivity contribution in [3.8, 4) is 5.75 Å². The Labute approximate surface area is 127 Å². The lowest BCUT2D eigenvalue weighted by Gasteiger charge is -2.37. The SMILES string of the molecule is CCOC1=CC(=O)C(Cc2ccc(OC)cc2)C(C)(C)C1. The Morgan fingerprint density at radius 2 is 1.90 bits per heavy atom. The van der Waals surface area contributed by atoms with Crippen LogP contribution in [0.1, 0.15) is 32.8 Å². The predicted octanol–water partition coefficient (Wildman–Crippen LogP) is 3.77. The van der Waals surface area contributed by atoms with E-state index in [0.29, 0.717) is 6.61 Å². The fourth-order valence-corrected chi connectivity index (χ4v) is 2.92. The summed E-state index contributed by atoms with van der Waals surface area (Å²) in [6, 6.07) is 7.95. The summed E-state index contributed by atoms with van der Waals surface area (Å²) >= 11 is 0. The minimum atomic E-state index is -0.0870. The van der Waals surface area contributed by atoms with Gasteiger partial charge in [0.05, 0.1) is 13.7 Å². The first kappa shape index (κ1) is 15.6. The van der Waals surface area contributed by atoms with E-state index >= 15 is 0 Å². The quantitative estimate of drug-likeness (QED) is 0.827. The van der Waals surface area contributed by atoms with E-state index in [2.05, 4.69) is 13.8 Å². The van der Waals surface area contributed by atoms with Gasteiger partial charge in [-0.2, -0.15) is 0 Å². The highest BCUT2D eigenvalue weighted by molar-refractivity contribution is 5.93. The summed E-state index contributed by atoms with van der Waals surface area (Å²) in [5, 5.41) is 0. The summed E-state index contributed by atoms with van der Waals surface area (Å²) < 4.78 is 10.7. The van der Waals surface area contributed by atoms with Gasteiger partial charge in [0.15, 0.2) is 5.78 Å². The number of hydrogen-bond acceptors (Lipinski definition) is 3. The Bertz CT molecular complexity index is 526. The monoisotopic (exact) mass is 288 g/mol. The van der Waals surface area contributed by atoms with Gasteiger partial charge in [0, 0.05) is 18.4 Å². The van der Waals surface area contributed by atoms with Crippen molar-refractivity contribution in [3.05, 3.63) is 41.7 Å². The van der Waals surface area contributed by atoms with Crippen molar-refractivity contribution in [2.24, 2.45) is 11.3 Å². The Kier molecular flexibility index (Phi) is 4.71. The van der Waals surface area contributed by atoms with Crippen molar-refractivity contribution < 1.29 is 14.3 Å². The fourth-order valence-electron chi connectivity index (χ4n) is 2.92. The van der Waals surface area contributed by atoms with Gasteiger partial charge in [-0.25, -0.2) is 0 Å². The molecule has 0 spiro atoms. The fraction of sp³-hybridized carbons (Fsp3) is 0.500. The molecule has 3 heteroatoms. The lowest BCUT2D eigenvalue weighted by Crippen LogP contribution is -2.36. The molecule has 0 radical (unpaired) electrons. The highest BCUT2D eigenvalue weighted by atomic mass is 16.5. The summed E-state index contributed by atoms with van der Waals surface area (Å²) in [5.41, 5.74) is 1.08. The first-order chi connectivity index (χ1) is 9.96. The maximum Gasteiger partial charge on any atom is 0.162 e. The van der Waals surface area contributed by atoms with E-state index in [0.717, 1.165) is 29.9 Å². The zero-order valence-electron chi connectivity index (χ0n) is 13.3. The Morgan fingerprint density at radius 1 is 1.24 bits per heavy atom. The summed E-state index contributed by atoms with van der Waals surface area (Å²) in [4.78, 5) is 12.4. The molecule has 0 bridgehead atoms. The molecule has 3 nitrogen and oxygen atoms in total. The molecule has 2 rings (SSSR count). The van der Waals surface area contributed by atoms with Gasteiger partial charge in [0.1, 0.15) is 11.5 Å². The highest BCUT2D eigenvalue weighted by Crippen LogP contribution is 2.40. The number of benzene rings is 1. The molecule has 0 N–H and O–H groups in total. The third-order valence-corrected chi connectivity index (χ3v) is 4.15. The molecule has 1 aromatic carbocycles. The number of rotatable bonds is 5. The molecular formula is C18H24O3. The van der Waals surface area contributed by atoms with Gasteiger partial charge in [-0.15, -0.1) is 0 Å². The standard InChI is InChI=1S/C18H24O3/c1-5-21-15-11-17(19)16(18(2,3)12-15)10-13-6-8-14(20-4)9-7-13/h6-9,11,16H,5,10,12H2,1-4H3. The minimum absolute atomic E-state index is 0.00454. The second kappa shape index (κ2) is 6.33. The third kappa shape index (κ3) is 3.66. The Hall–Kier alpha value is -1.77. The van der Waals surface area contributed by atoms with Crippen molar-refractivity contribution in [2.75, 3.05) is 13.7 Å².